The lowest BCUT2D eigenvalue weighted by Gasteiger charge is -2.37. The van der Waals surface area contributed by atoms with Gasteiger partial charge in [-0.2, -0.15) is 8.42 Å². The number of nitrogens with one attached hydrogen (secondary N) is 1. The summed E-state index contributed by atoms with van der Waals surface area (Å²) in [7, 11) is -9.88. The van der Waals surface area contributed by atoms with Crippen LogP contribution in [0.4, 0.5) is 5.69 Å². The minimum Gasteiger partial charge on any atom is -0.744 e. The van der Waals surface area contributed by atoms with Crippen LogP contribution < -0.4 is 15.2 Å². The van der Waals surface area contributed by atoms with Crippen LogP contribution in [0.15, 0.2) is 56.7 Å². The van der Waals surface area contributed by atoms with Crippen LogP contribution in [0.2, 0.25) is 0 Å². The molecule has 0 aromatic heterocycles. The van der Waals surface area contributed by atoms with Crippen LogP contribution in [0.5, 0.6) is 0 Å². The summed E-state index contributed by atoms with van der Waals surface area (Å²) < 4.78 is 77.7. The fourth-order valence-corrected chi connectivity index (χ4v) is 7.75. The van der Waals surface area contributed by atoms with Crippen LogP contribution in [0, 0.1) is 0 Å². The first-order valence-electron chi connectivity index (χ1n) is 14.5. The highest BCUT2D eigenvalue weighted by Crippen LogP contribution is 2.48. The van der Waals surface area contributed by atoms with E-state index in [0.29, 0.717) is 27.9 Å². The van der Waals surface area contributed by atoms with Gasteiger partial charge in [0, 0.05) is 58.9 Å². The fourth-order valence-electron chi connectivity index (χ4n) is 6.46. The highest BCUT2D eigenvalue weighted by molar-refractivity contribution is 7.86. The van der Waals surface area contributed by atoms with Gasteiger partial charge in [0.2, 0.25) is 5.36 Å². The van der Waals surface area contributed by atoms with Crippen molar-refractivity contribution < 1.29 is 35.4 Å². The molecule has 2 N–H and O–H groups in total. The van der Waals surface area contributed by atoms with E-state index >= 15 is 0 Å². The second-order valence-electron chi connectivity index (χ2n) is 11.2. The summed E-state index contributed by atoms with van der Waals surface area (Å²) in [5, 5.41) is 1.53. The average molecular weight is 611 g/mol. The van der Waals surface area contributed by atoms with Crippen LogP contribution in [-0.4, -0.2) is 45.6 Å². The van der Waals surface area contributed by atoms with Crippen LogP contribution in [0.3, 0.4) is 0 Å². The molecule has 42 heavy (non-hydrogen) atoms. The van der Waals surface area contributed by atoms with Crippen molar-refractivity contribution in [1.82, 2.24) is 0 Å². The molecular formula is C31H34N2O7S2. The van der Waals surface area contributed by atoms with E-state index in [4.69, 9.17) is 4.42 Å². The molecule has 4 aliphatic rings. The van der Waals surface area contributed by atoms with Gasteiger partial charge in [-0.25, -0.2) is 13.4 Å². The smallest absolute Gasteiger partial charge is 0.294 e. The predicted octanol–water partition coefficient (Wildman–Crippen LogP) is 3.62. The summed E-state index contributed by atoms with van der Waals surface area (Å²) >= 11 is 0. The van der Waals surface area contributed by atoms with E-state index in [0.717, 1.165) is 93.2 Å². The number of aryl methyl sites for hydroxylation is 2. The van der Waals surface area contributed by atoms with Crippen LogP contribution in [0.1, 0.15) is 56.6 Å². The maximum atomic E-state index is 12.6. The molecule has 0 saturated heterocycles. The van der Waals surface area contributed by atoms with Crippen molar-refractivity contribution >= 4 is 36.9 Å². The maximum Gasteiger partial charge on any atom is 0.294 e. The third kappa shape index (κ3) is 5.34. The van der Waals surface area contributed by atoms with Crippen molar-refractivity contribution in [2.24, 2.45) is 0 Å². The van der Waals surface area contributed by atoms with Crippen LogP contribution in [0.25, 0.3) is 33.4 Å². The number of benzene rings is 3. The molecule has 0 spiro atoms. The Hall–Kier alpha value is -3.25. The molecule has 9 nitrogen and oxygen atoms in total. The molecule has 0 saturated carbocycles. The van der Waals surface area contributed by atoms with Gasteiger partial charge in [-0.1, -0.05) is 25.8 Å². The molecule has 6 rings (SSSR count). The van der Waals surface area contributed by atoms with Gasteiger partial charge >= 0.3 is 0 Å². The molecule has 2 aromatic rings. The quantitative estimate of drug-likeness (QED) is 0.175. The first-order valence-corrected chi connectivity index (χ1v) is 17.4. The Kier molecular flexibility index (Phi) is 7.63. The summed E-state index contributed by atoms with van der Waals surface area (Å²) in [5.74, 6) is 0.522. The molecule has 2 aromatic carbocycles. The summed E-state index contributed by atoms with van der Waals surface area (Å²) in [6.45, 7) is 4.90. The third-order valence-corrected chi connectivity index (χ3v) is 10.1. The topological polar surface area (TPSA) is 142 Å². The van der Waals surface area contributed by atoms with Gasteiger partial charge in [0.05, 0.1) is 15.9 Å². The van der Waals surface area contributed by atoms with E-state index in [9.17, 15) is 25.9 Å². The van der Waals surface area contributed by atoms with Gasteiger partial charge in [0.15, 0.2) is 0 Å². The summed E-state index contributed by atoms with van der Waals surface area (Å²) in [5.41, 5.74) is 5.17. The highest BCUT2D eigenvalue weighted by Gasteiger charge is 2.30. The van der Waals surface area contributed by atoms with Crippen molar-refractivity contribution in [2.75, 3.05) is 24.5 Å². The molecule has 3 aliphatic heterocycles. The largest absolute Gasteiger partial charge is 0.744 e. The zero-order valence-electron chi connectivity index (χ0n) is 23.5. The molecule has 222 valence electrons. The Morgan fingerprint density at radius 1 is 0.952 bits per heavy atom. The first-order chi connectivity index (χ1) is 20.1. The zero-order chi connectivity index (χ0) is 29.6. The third-order valence-electron chi connectivity index (χ3n) is 8.35. The summed E-state index contributed by atoms with van der Waals surface area (Å²) in [6.07, 6.45) is 8.10. The Bertz CT molecular complexity index is 1940. The molecule has 0 atom stereocenters. The summed E-state index contributed by atoms with van der Waals surface area (Å²) in [6, 6.07) is 10.8. The summed E-state index contributed by atoms with van der Waals surface area (Å²) in [4.78, 5) is 4.47. The van der Waals surface area contributed by atoms with E-state index < -0.39 is 30.0 Å². The number of hydrogen-bond donors (Lipinski definition) is 2. The fraction of sp³-hybridized carbons (Fsp3) is 0.387. The number of anilines is 1. The number of unbranched alkanes of at least 4 members (excludes halogenated alkanes) is 3. The second-order valence-corrected chi connectivity index (χ2v) is 14.0. The van der Waals surface area contributed by atoms with Gasteiger partial charge < -0.3 is 13.9 Å². The van der Waals surface area contributed by atoms with Crippen molar-refractivity contribution in [2.45, 2.75) is 68.1 Å². The number of rotatable bonds is 8. The van der Waals surface area contributed by atoms with Gasteiger partial charge in [-0.05, 0) is 61.9 Å². The molecule has 0 fully saturated rings. The molecule has 0 amide bonds. The van der Waals surface area contributed by atoms with E-state index in [1.54, 1.807) is 0 Å². The monoisotopic (exact) mass is 610 g/mol. The van der Waals surface area contributed by atoms with Crippen LogP contribution in [-0.2, 0) is 33.1 Å². The van der Waals surface area contributed by atoms with Gasteiger partial charge in [0.25, 0.3) is 10.1 Å². The van der Waals surface area contributed by atoms with Gasteiger partial charge in [-0.15, -0.1) is 0 Å². The molecular weight excluding hydrogens is 576 g/mol. The normalized spacial score (nSPS) is 15.9. The minimum atomic E-state index is -5.14. The van der Waals surface area contributed by atoms with E-state index in [1.165, 1.54) is 18.2 Å². The number of hydrogen-bond acceptors (Lipinski definition) is 7. The van der Waals surface area contributed by atoms with Crippen molar-refractivity contribution in [1.29, 1.82) is 0 Å². The molecule has 0 radical (unpaired) electrons. The molecule has 3 heterocycles. The average Bonchev–Trinajstić information content (AvgIpc) is 2.95. The van der Waals surface area contributed by atoms with Crippen molar-refractivity contribution in [3.05, 3.63) is 58.9 Å². The lowest BCUT2D eigenvalue weighted by atomic mass is 9.86. The Balaban J connectivity index is 1.67. The number of nitrogens with zero attached hydrogens (tertiary/aromatic N) is 1. The Morgan fingerprint density at radius 3 is 2.45 bits per heavy atom. The SMILES string of the molecule is CCCCCC[NH+]=c1ccc2c(-c3ccc(S(=O)(=O)O)cc3S(=O)(=O)[O-])c3cc4c5c(c3oc-2c1)CCCN5CCC4. The highest BCUT2D eigenvalue weighted by atomic mass is 32.2. The predicted molar refractivity (Wildman–Crippen MR) is 158 cm³/mol. The molecule has 1 aliphatic carbocycles. The lowest BCUT2D eigenvalue weighted by molar-refractivity contribution is -0.501. The second kappa shape index (κ2) is 11.1. The standard InChI is InChI=1S/C31H34N2O7S2/c1-2-3-4-5-14-32-21-10-12-23-27(18-21)40-31-25-9-7-16-33-15-6-8-20(30(25)33)17-26(31)29(23)24-13-11-22(41(34,35)36)19-28(24)42(37,38)39/h10-13,17-19H,2-9,14-16H2,1H3,(H,34,35,36)(H,37,38,39). The maximum absolute atomic E-state index is 12.6. The van der Waals surface area contributed by atoms with Gasteiger partial charge in [0.1, 0.15) is 28.0 Å². The first kappa shape index (κ1) is 28.9. The lowest BCUT2D eigenvalue weighted by Crippen LogP contribution is -2.76. The van der Waals surface area contributed by atoms with E-state index in [1.807, 2.05) is 24.3 Å². The Morgan fingerprint density at radius 2 is 1.71 bits per heavy atom. The van der Waals surface area contributed by atoms with E-state index in [-0.39, 0.29) is 5.56 Å². The van der Waals surface area contributed by atoms with E-state index in [2.05, 4.69) is 16.8 Å². The molecule has 0 bridgehead atoms. The minimum absolute atomic E-state index is 0.0686. The molecule has 0 unspecified atom stereocenters. The number of fused-ring (bicyclic) bond motifs is 3. The van der Waals surface area contributed by atoms with Crippen molar-refractivity contribution in [3.8, 4) is 22.5 Å². The van der Waals surface area contributed by atoms with Gasteiger partial charge in [-0.3, -0.25) is 4.55 Å². The molecule has 11 heteroatoms. The van der Waals surface area contributed by atoms with Crippen LogP contribution >= 0.6 is 0 Å². The van der Waals surface area contributed by atoms with Crippen molar-refractivity contribution in [3.63, 3.8) is 0 Å². The Labute approximate surface area is 245 Å². The zero-order valence-corrected chi connectivity index (χ0v) is 25.1.